The molecule has 1 aromatic carbocycles. The van der Waals surface area contributed by atoms with Gasteiger partial charge in [-0.3, -0.25) is 9.59 Å². The second-order valence-corrected chi connectivity index (χ2v) is 18.0. The summed E-state index contributed by atoms with van der Waals surface area (Å²) in [5.41, 5.74) is 1.20. The SMILES string of the molecule is C=C(C)[C@@H]1CC[C@]2(C(=O)OC)CC[C@]3(C)[C@H](CC[C@@H]4[C@@](C)(CC#N)[C@H](C(C)(C)C(=O)N[C@@H](Cc5c[nH]c6ccccc56)C(=O)OC)CC[C@]43C)[C@@H]12. The molecule has 4 saturated carbocycles. The summed E-state index contributed by atoms with van der Waals surface area (Å²) in [5, 5.41) is 14.6. The lowest BCUT2D eigenvalue weighted by molar-refractivity contribution is -0.229. The molecule has 0 bridgehead atoms. The van der Waals surface area contributed by atoms with E-state index in [0.717, 1.165) is 67.8 Å². The normalized spacial score (nSPS) is 36.5. The number of ether oxygens (including phenoxy) is 2. The first-order valence-corrected chi connectivity index (χ1v) is 19.1. The maximum atomic E-state index is 14.5. The summed E-state index contributed by atoms with van der Waals surface area (Å²) in [6.45, 7) is 17.8. The van der Waals surface area contributed by atoms with Gasteiger partial charge in [-0.05, 0) is 116 Å². The molecule has 4 aliphatic carbocycles. The van der Waals surface area contributed by atoms with Crippen molar-refractivity contribution in [2.45, 2.75) is 112 Å². The first-order chi connectivity index (χ1) is 24.1. The van der Waals surface area contributed by atoms with Crippen LogP contribution in [0.3, 0.4) is 0 Å². The second-order valence-electron chi connectivity index (χ2n) is 18.0. The number of H-pyrrole nitrogens is 1. The predicted octanol–water partition coefficient (Wildman–Crippen LogP) is 8.32. The molecule has 0 saturated heterocycles. The van der Waals surface area contributed by atoms with E-state index in [-0.39, 0.29) is 40.5 Å². The fraction of sp³-hybridized carbons (Fsp3) is 0.674. The number of rotatable bonds is 9. The molecule has 1 amide bonds. The van der Waals surface area contributed by atoms with Crippen LogP contribution in [0.5, 0.6) is 0 Å². The number of nitriles is 1. The summed E-state index contributed by atoms with van der Waals surface area (Å²) in [6, 6.07) is 9.65. The molecule has 1 aromatic heterocycles. The molecule has 0 spiro atoms. The summed E-state index contributed by atoms with van der Waals surface area (Å²) < 4.78 is 10.7. The minimum absolute atomic E-state index is 0.0421. The molecule has 51 heavy (non-hydrogen) atoms. The van der Waals surface area contributed by atoms with Crippen molar-refractivity contribution < 1.29 is 23.9 Å². The van der Waals surface area contributed by atoms with Gasteiger partial charge in [-0.2, -0.15) is 5.26 Å². The van der Waals surface area contributed by atoms with E-state index in [1.54, 1.807) is 0 Å². The van der Waals surface area contributed by atoms with E-state index in [2.05, 4.69) is 50.6 Å². The van der Waals surface area contributed by atoms with Gasteiger partial charge < -0.3 is 19.8 Å². The largest absolute Gasteiger partial charge is 0.469 e. The average Bonchev–Trinajstić information content (AvgIpc) is 3.70. The highest BCUT2D eigenvalue weighted by molar-refractivity contribution is 5.89. The highest BCUT2D eigenvalue weighted by Gasteiger charge is 2.71. The van der Waals surface area contributed by atoms with Crippen LogP contribution in [0.4, 0.5) is 0 Å². The van der Waals surface area contributed by atoms with Crippen molar-refractivity contribution in [3.05, 3.63) is 48.2 Å². The molecular weight excluding hydrogens is 638 g/mol. The van der Waals surface area contributed by atoms with Gasteiger partial charge in [0.2, 0.25) is 5.91 Å². The molecule has 0 unspecified atom stereocenters. The number of carbonyl (C=O) groups excluding carboxylic acids is 3. The quantitative estimate of drug-likeness (QED) is 0.201. The zero-order valence-electron chi connectivity index (χ0n) is 32.1. The number of benzene rings is 1. The third-order valence-electron chi connectivity index (χ3n) is 15.7. The van der Waals surface area contributed by atoms with Crippen molar-refractivity contribution in [2.75, 3.05) is 14.2 Å². The molecule has 6 rings (SSSR count). The Balaban J connectivity index is 1.30. The van der Waals surface area contributed by atoms with Crippen LogP contribution >= 0.6 is 0 Å². The molecule has 0 aliphatic heterocycles. The van der Waals surface area contributed by atoms with Crippen LogP contribution < -0.4 is 5.32 Å². The lowest BCUT2D eigenvalue weighted by Gasteiger charge is -2.71. The van der Waals surface area contributed by atoms with Crippen LogP contribution in [-0.2, 0) is 30.3 Å². The Bertz CT molecular complexity index is 1750. The van der Waals surface area contributed by atoms with Gasteiger partial charge in [-0.15, -0.1) is 0 Å². The third-order valence-corrected chi connectivity index (χ3v) is 15.7. The van der Waals surface area contributed by atoms with Gasteiger partial charge in [0.1, 0.15) is 6.04 Å². The van der Waals surface area contributed by atoms with E-state index in [1.807, 2.05) is 44.3 Å². The molecule has 10 atom stereocenters. The van der Waals surface area contributed by atoms with Crippen LogP contribution in [0, 0.1) is 68.0 Å². The Labute approximate surface area is 304 Å². The Morgan fingerprint density at radius 2 is 1.75 bits per heavy atom. The van der Waals surface area contributed by atoms with Crippen LogP contribution in [0.2, 0.25) is 0 Å². The Hall–Kier alpha value is -3.60. The summed E-state index contributed by atoms with van der Waals surface area (Å²) in [4.78, 5) is 44.5. The van der Waals surface area contributed by atoms with E-state index in [4.69, 9.17) is 9.47 Å². The molecule has 8 nitrogen and oxygen atoms in total. The highest BCUT2D eigenvalue weighted by atomic mass is 16.5. The Morgan fingerprint density at radius 3 is 2.41 bits per heavy atom. The Kier molecular flexibility index (Phi) is 9.56. The number of fused-ring (bicyclic) bond motifs is 6. The van der Waals surface area contributed by atoms with Gasteiger partial charge in [0.15, 0.2) is 0 Å². The number of hydrogen-bond acceptors (Lipinski definition) is 6. The molecule has 0 radical (unpaired) electrons. The zero-order chi connectivity index (χ0) is 37.1. The summed E-state index contributed by atoms with van der Waals surface area (Å²) in [5.74, 6) is 0.264. The fourth-order valence-corrected chi connectivity index (χ4v) is 13.0. The molecule has 276 valence electrons. The van der Waals surface area contributed by atoms with Gasteiger partial charge in [0.05, 0.1) is 25.7 Å². The monoisotopic (exact) mass is 697 g/mol. The molecule has 8 heteroatoms. The van der Waals surface area contributed by atoms with Crippen LogP contribution in [0.15, 0.2) is 42.6 Å². The van der Waals surface area contributed by atoms with Crippen molar-refractivity contribution in [1.82, 2.24) is 10.3 Å². The lowest BCUT2D eigenvalue weighted by atomic mass is 9.33. The van der Waals surface area contributed by atoms with Gasteiger partial charge in [-0.25, -0.2) is 4.79 Å². The highest BCUT2D eigenvalue weighted by Crippen LogP contribution is 2.76. The number of allylic oxidation sites excluding steroid dienone is 1. The smallest absolute Gasteiger partial charge is 0.328 e. The fourth-order valence-electron chi connectivity index (χ4n) is 13.0. The molecule has 2 N–H and O–H groups in total. The number of nitrogens with zero attached hydrogens (tertiary/aromatic N) is 1. The van der Waals surface area contributed by atoms with Crippen molar-refractivity contribution in [3.63, 3.8) is 0 Å². The van der Waals surface area contributed by atoms with Crippen molar-refractivity contribution in [1.29, 1.82) is 5.26 Å². The number of para-hydroxylation sites is 1. The molecular formula is C43H59N3O5. The van der Waals surface area contributed by atoms with Crippen molar-refractivity contribution >= 4 is 28.7 Å². The summed E-state index contributed by atoms with van der Waals surface area (Å²) in [6.07, 6.45) is 9.84. The number of aromatic nitrogens is 1. The molecule has 4 fully saturated rings. The average molecular weight is 698 g/mol. The van der Waals surface area contributed by atoms with Gasteiger partial charge in [0, 0.05) is 35.4 Å². The molecule has 4 aliphatic rings. The van der Waals surface area contributed by atoms with Gasteiger partial charge >= 0.3 is 11.9 Å². The Morgan fingerprint density at radius 1 is 1.02 bits per heavy atom. The van der Waals surface area contributed by atoms with E-state index in [1.165, 1.54) is 19.8 Å². The topological polar surface area (TPSA) is 121 Å². The maximum Gasteiger partial charge on any atom is 0.328 e. The predicted molar refractivity (Wildman–Crippen MR) is 198 cm³/mol. The lowest BCUT2D eigenvalue weighted by Crippen LogP contribution is -2.66. The first kappa shape index (κ1) is 37.2. The van der Waals surface area contributed by atoms with E-state index < -0.39 is 28.3 Å². The number of amides is 1. The van der Waals surface area contributed by atoms with Gasteiger partial charge in [-0.1, -0.05) is 65.0 Å². The summed E-state index contributed by atoms with van der Waals surface area (Å²) >= 11 is 0. The number of carbonyl (C=O) groups is 3. The van der Waals surface area contributed by atoms with Crippen LogP contribution in [0.25, 0.3) is 10.9 Å². The zero-order valence-corrected chi connectivity index (χ0v) is 32.1. The minimum Gasteiger partial charge on any atom is -0.469 e. The number of esters is 2. The first-order valence-electron chi connectivity index (χ1n) is 19.1. The number of hydrogen-bond donors (Lipinski definition) is 2. The van der Waals surface area contributed by atoms with Crippen molar-refractivity contribution in [2.24, 2.45) is 56.7 Å². The third kappa shape index (κ3) is 5.46. The number of nitrogens with one attached hydrogen (secondary N) is 2. The molecule has 2 aromatic rings. The number of aromatic amines is 1. The minimum atomic E-state index is -0.861. The standard InChI is InChI=1S/C43H59N3O5/c1-26(2)28-16-19-43(38(49)51-9)21-20-41(6)30(35(28)43)14-15-34-40(5,22-23-44)33(17-18-42(34,41)7)39(3,4)37(48)46-32(36(47)50-8)24-27-25-45-31-13-11-10-12-29(27)31/h10-13,25,28,30,32-35,45H,1,14-22,24H2,2-9H3,(H,46,48)/t28-,30+,32-,33-,34+,35+,40-,41+,42+,43-/m0/s1. The van der Waals surface area contributed by atoms with E-state index >= 15 is 0 Å². The number of methoxy groups -OCH3 is 2. The summed E-state index contributed by atoms with van der Waals surface area (Å²) in [7, 11) is 2.89. The van der Waals surface area contributed by atoms with E-state index in [0.29, 0.717) is 24.7 Å². The van der Waals surface area contributed by atoms with E-state index in [9.17, 15) is 19.6 Å². The van der Waals surface area contributed by atoms with Crippen LogP contribution in [0.1, 0.15) is 105 Å². The molecule has 1 heterocycles. The van der Waals surface area contributed by atoms with Crippen molar-refractivity contribution in [3.8, 4) is 6.07 Å². The second kappa shape index (κ2) is 13.1. The van der Waals surface area contributed by atoms with Gasteiger partial charge in [0.25, 0.3) is 0 Å². The maximum absolute atomic E-state index is 14.5. The van der Waals surface area contributed by atoms with Crippen LogP contribution in [-0.4, -0.2) is 43.1 Å².